The maximum Gasteiger partial charge on any atom is 0.0705 e. The Morgan fingerprint density at radius 1 is 1.33 bits per heavy atom. The molecule has 0 aliphatic carbocycles. The highest BCUT2D eigenvalue weighted by Crippen LogP contribution is 2.15. The normalized spacial score (nSPS) is 9.93. The molecule has 4 nitrogen and oxygen atoms in total. The average Bonchev–Trinajstić information content (AvgIpc) is 2.26. The molecule has 0 aliphatic heterocycles. The van der Waals surface area contributed by atoms with E-state index in [0.29, 0.717) is 6.54 Å². The van der Waals surface area contributed by atoms with Crippen molar-refractivity contribution >= 4 is 10.9 Å². The van der Waals surface area contributed by atoms with Crippen molar-refractivity contribution in [1.82, 2.24) is 4.98 Å². The summed E-state index contributed by atoms with van der Waals surface area (Å²) in [5, 5.41) is 4.60. The van der Waals surface area contributed by atoms with Crippen molar-refractivity contribution < 1.29 is 0 Å². The third-order valence-corrected chi connectivity index (χ3v) is 2.21. The minimum Gasteiger partial charge on any atom is -0.253 e. The van der Waals surface area contributed by atoms with Crippen LogP contribution in [0.1, 0.15) is 11.3 Å². The summed E-state index contributed by atoms with van der Waals surface area (Å²) in [5.74, 6) is 0. The van der Waals surface area contributed by atoms with E-state index in [4.69, 9.17) is 5.53 Å². The van der Waals surface area contributed by atoms with Crippen molar-refractivity contribution in [3.05, 3.63) is 52.0 Å². The van der Waals surface area contributed by atoms with E-state index in [-0.39, 0.29) is 0 Å². The summed E-state index contributed by atoms with van der Waals surface area (Å²) in [4.78, 5) is 7.13. The first-order valence-corrected chi connectivity index (χ1v) is 4.67. The number of aromatic nitrogens is 1. The molecule has 15 heavy (non-hydrogen) atoms. The summed E-state index contributed by atoms with van der Waals surface area (Å²) in [6.07, 6.45) is 0. The number of benzene rings is 1. The number of azide groups is 1. The van der Waals surface area contributed by atoms with Crippen LogP contribution in [-0.4, -0.2) is 4.98 Å². The number of rotatable bonds is 2. The SMILES string of the molecule is Cc1ccc2cc(CN=[N+]=[N-])ccc2n1. The molecular formula is C11H10N4. The van der Waals surface area contributed by atoms with Gasteiger partial charge in [0.05, 0.1) is 12.1 Å². The van der Waals surface area contributed by atoms with E-state index < -0.39 is 0 Å². The zero-order valence-electron chi connectivity index (χ0n) is 8.38. The summed E-state index contributed by atoms with van der Waals surface area (Å²) < 4.78 is 0. The molecule has 0 aliphatic rings. The van der Waals surface area contributed by atoms with E-state index in [1.165, 1.54) is 0 Å². The van der Waals surface area contributed by atoms with Gasteiger partial charge in [-0.05, 0) is 36.2 Å². The van der Waals surface area contributed by atoms with Gasteiger partial charge in [0.25, 0.3) is 0 Å². The van der Waals surface area contributed by atoms with E-state index in [2.05, 4.69) is 15.0 Å². The molecule has 74 valence electrons. The zero-order chi connectivity index (χ0) is 10.7. The summed E-state index contributed by atoms with van der Waals surface area (Å²) in [7, 11) is 0. The smallest absolute Gasteiger partial charge is 0.0705 e. The Balaban J connectivity index is 2.47. The van der Waals surface area contributed by atoms with Gasteiger partial charge in [0.1, 0.15) is 0 Å². The van der Waals surface area contributed by atoms with Crippen molar-refractivity contribution in [2.24, 2.45) is 5.11 Å². The van der Waals surface area contributed by atoms with Crippen molar-refractivity contribution in [2.75, 3.05) is 0 Å². The predicted molar refractivity (Wildman–Crippen MR) is 59.3 cm³/mol. The Labute approximate surface area is 87.2 Å². The fourth-order valence-electron chi connectivity index (χ4n) is 1.49. The predicted octanol–water partition coefficient (Wildman–Crippen LogP) is 3.35. The van der Waals surface area contributed by atoms with E-state index in [0.717, 1.165) is 22.2 Å². The van der Waals surface area contributed by atoms with E-state index >= 15 is 0 Å². The van der Waals surface area contributed by atoms with Crippen LogP contribution >= 0.6 is 0 Å². The molecule has 0 unspecified atom stereocenters. The van der Waals surface area contributed by atoms with Crippen LogP contribution in [0.25, 0.3) is 21.3 Å². The van der Waals surface area contributed by atoms with Crippen molar-refractivity contribution in [3.8, 4) is 0 Å². The molecule has 1 aromatic heterocycles. The highest BCUT2D eigenvalue weighted by atomic mass is 15.1. The summed E-state index contributed by atoms with van der Waals surface area (Å²) in [6, 6.07) is 9.88. The molecule has 0 fully saturated rings. The van der Waals surface area contributed by atoms with Gasteiger partial charge in [0, 0.05) is 16.0 Å². The van der Waals surface area contributed by atoms with Crippen LogP contribution in [0.15, 0.2) is 35.4 Å². The molecule has 0 spiro atoms. The van der Waals surface area contributed by atoms with Gasteiger partial charge < -0.3 is 0 Å². The van der Waals surface area contributed by atoms with Crippen LogP contribution < -0.4 is 0 Å². The fourth-order valence-corrected chi connectivity index (χ4v) is 1.49. The van der Waals surface area contributed by atoms with Gasteiger partial charge in [0.2, 0.25) is 0 Å². The largest absolute Gasteiger partial charge is 0.253 e. The lowest BCUT2D eigenvalue weighted by atomic mass is 10.1. The molecule has 2 aromatic rings. The van der Waals surface area contributed by atoms with Gasteiger partial charge in [-0.25, -0.2) is 0 Å². The van der Waals surface area contributed by atoms with Crippen LogP contribution in [0.2, 0.25) is 0 Å². The zero-order valence-corrected chi connectivity index (χ0v) is 8.38. The lowest BCUT2D eigenvalue weighted by molar-refractivity contribution is 1.05. The maximum atomic E-state index is 8.22. The highest BCUT2D eigenvalue weighted by Gasteiger charge is 1.97. The topological polar surface area (TPSA) is 61.7 Å². The van der Waals surface area contributed by atoms with Crippen molar-refractivity contribution in [1.29, 1.82) is 0 Å². The Kier molecular flexibility index (Phi) is 2.52. The standard InChI is InChI=1S/C11H10N4/c1-8-2-4-10-6-9(7-13-15-12)3-5-11(10)14-8/h2-6H,7H2,1H3. The highest BCUT2D eigenvalue weighted by molar-refractivity contribution is 5.79. The van der Waals surface area contributed by atoms with Crippen molar-refractivity contribution in [3.63, 3.8) is 0 Å². The fraction of sp³-hybridized carbons (Fsp3) is 0.182. The minimum atomic E-state index is 0.389. The molecular weight excluding hydrogens is 188 g/mol. The second-order valence-corrected chi connectivity index (χ2v) is 3.37. The van der Waals surface area contributed by atoms with Crippen LogP contribution in [-0.2, 0) is 6.54 Å². The Morgan fingerprint density at radius 2 is 2.20 bits per heavy atom. The number of aryl methyl sites for hydroxylation is 1. The molecule has 1 heterocycles. The monoisotopic (exact) mass is 198 g/mol. The number of fused-ring (bicyclic) bond motifs is 1. The Bertz CT molecular complexity index is 541. The first kappa shape index (κ1) is 9.49. The summed E-state index contributed by atoms with van der Waals surface area (Å²) in [6.45, 7) is 2.35. The molecule has 4 heteroatoms. The van der Waals surface area contributed by atoms with Gasteiger partial charge in [-0.2, -0.15) is 0 Å². The molecule has 0 bridgehead atoms. The van der Waals surface area contributed by atoms with Crippen LogP contribution in [0.5, 0.6) is 0 Å². The molecule has 0 atom stereocenters. The maximum absolute atomic E-state index is 8.22. The van der Waals surface area contributed by atoms with Gasteiger partial charge in [-0.3, -0.25) is 4.98 Å². The quantitative estimate of drug-likeness (QED) is 0.414. The second-order valence-electron chi connectivity index (χ2n) is 3.37. The summed E-state index contributed by atoms with van der Waals surface area (Å²) in [5.41, 5.74) is 11.2. The van der Waals surface area contributed by atoms with Gasteiger partial charge in [-0.1, -0.05) is 17.2 Å². The molecule has 0 N–H and O–H groups in total. The van der Waals surface area contributed by atoms with Gasteiger partial charge >= 0.3 is 0 Å². The van der Waals surface area contributed by atoms with Gasteiger partial charge in [0.15, 0.2) is 0 Å². The van der Waals surface area contributed by atoms with E-state index in [1.54, 1.807) is 0 Å². The third kappa shape index (κ3) is 2.06. The van der Waals surface area contributed by atoms with Crippen molar-refractivity contribution in [2.45, 2.75) is 13.5 Å². The molecule has 0 saturated carbocycles. The van der Waals surface area contributed by atoms with Gasteiger partial charge in [-0.15, -0.1) is 0 Å². The molecule has 1 aromatic carbocycles. The van der Waals surface area contributed by atoms with Crippen LogP contribution in [0.4, 0.5) is 0 Å². The lowest BCUT2D eigenvalue weighted by Gasteiger charge is -2.01. The minimum absolute atomic E-state index is 0.389. The van der Waals surface area contributed by atoms with Crippen LogP contribution in [0, 0.1) is 6.92 Å². The Hall–Kier alpha value is -2.06. The summed E-state index contributed by atoms with van der Waals surface area (Å²) >= 11 is 0. The molecule has 2 rings (SSSR count). The second kappa shape index (κ2) is 3.98. The number of nitrogens with zero attached hydrogens (tertiary/aromatic N) is 4. The third-order valence-electron chi connectivity index (χ3n) is 2.21. The molecule has 0 amide bonds. The lowest BCUT2D eigenvalue weighted by Crippen LogP contribution is -1.85. The number of pyridine rings is 1. The van der Waals surface area contributed by atoms with Crippen LogP contribution in [0.3, 0.4) is 0 Å². The van der Waals surface area contributed by atoms with E-state index in [9.17, 15) is 0 Å². The number of hydrogen-bond acceptors (Lipinski definition) is 2. The molecule has 0 saturated heterocycles. The Morgan fingerprint density at radius 3 is 3.00 bits per heavy atom. The molecule has 0 radical (unpaired) electrons. The first-order valence-electron chi connectivity index (χ1n) is 4.67. The number of hydrogen-bond donors (Lipinski definition) is 0. The average molecular weight is 198 g/mol. The van der Waals surface area contributed by atoms with E-state index in [1.807, 2.05) is 37.3 Å². The first-order chi connectivity index (χ1) is 7.29.